The number of halogens is 2. The van der Waals surface area contributed by atoms with Crippen LogP contribution in [0.1, 0.15) is 19.8 Å². The fourth-order valence-corrected chi connectivity index (χ4v) is 2.27. The van der Waals surface area contributed by atoms with Crippen molar-refractivity contribution in [1.29, 1.82) is 0 Å². The minimum absolute atomic E-state index is 0.0835. The number of rotatable bonds is 1. The van der Waals surface area contributed by atoms with E-state index in [1.165, 1.54) is 6.07 Å². The molecule has 4 heteroatoms. The molecule has 2 nitrogen and oxygen atoms in total. The first kappa shape index (κ1) is 10.7. The van der Waals surface area contributed by atoms with Crippen LogP contribution in [0, 0.1) is 5.82 Å². The Hall–Kier alpha value is -0.830. The van der Waals surface area contributed by atoms with E-state index in [9.17, 15) is 4.39 Å². The molecule has 0 amide bonds. The smallest absolute Gasteiger partial charge is 0.165 e. The number of hydrogen-bond donors (Lipinski definition) is 0. The SMILES string of the molecule is CC1C(Cl)CCCN1c1ncccc1F. The quantitative estimate of drug-likeness (QED) is 0.688. The van der Waals surface area contributed by atoms with Crippen molar-refractivity contribution in [3.8, 4) is 0 Å². The summed E-state index contributed by atoms with van der Waals surface area (Å²) in [6, 6.07) is 3.18. The molecule has 1 aliphatic heterocycles. The summed E-state index contributed by atoms with van der Waals surface area (Å²) < 4.78 is 13.5. The van der Waals surface area contributed by atoms with Gasteiger partial charge >= 0.3 is 0 Å². The molecule has 0 spiro atoms. The molecule has 1 aliphatic rings. The molecule has 1 aromatic heterocycles. The van der Waals surface area contributed by atoms with Gasteiger partial charge in [-0.1, -0.05) is 0 Å². The maximum atomic E-state index is 13.5. The zero-order chi connectivity index (χ0) is 10.8. The first-order valence-electron chi connectivity index (χ1n) is 5.21. The van der Waals surface area contributed by atoms with E-state index >= 15 is 0 Å². The van der Waals surface area contributed by atoms with Gasteiger partial charge in [0.2, 0.25) is 0 Å². The average molecular weight is 229 g/mol. The van der Waals surface area contributed by atoms with Crippen LogP contribution in [0.4, 0.5) is 10.2 Å². The second kappa shape index (κ2) is 4.35. The van der Waals surface area contributed by atoms with Crippen LogP contribution in [-0.4, -0.2) is 22.9 Å². The molecule has 82 valence electrons. The summed E-state index contributed by atoms with van der Waals surface area (Å²) in [7, 11) is 0. The van der Waals surface area contributed by atoms with Crippen molar-refractivity contribution in [3.63, 3.8) is 0 Å². The second-order valence-electron chi connectivity index (χ2n) is 3.90. The van der Waals surface area contributed by atoms with Gasteiger partial charge < -0.3 is 4.90 Å². The second-order valence-corrected chi connectivity index (χ2v) is 4.46. The van der Waals surface area contributed by atoms with E-state index in [0.29, 0.717) is 5.82 Å². The number of piperidine rings is 1. The highest BCUT2D eigenvalue weighted by Crippen LogP contribution is 2.27. The largest absolute Gasteiger partial charge is 0.350 e. The Balaban J connectivity index is 2.26. The van der Waals surface area contributed by atoms with Crippen molar-refractivity contribution in [2.45, 2.75) is 31.2 Å². The lowest BCUT2D eigenvalue weighted by atomic mass is 10.0. The number of aromatic nitrogens is 1. The molecule has 1 saturated heterocycles. The lowest BCUT2D eigenvalue weighted by molar-refractivity contribution is 0.477. The molecule has 1 fully saturated rings. The van der Waals surface area contributed by atoms with Gasteiger partial charge in [-0.25, -0.2) is 9.37 Å². The standard InChI is InChI=1S/C11H14ClFN2/c1-8-9(12)4-3-7-15(8)11-10(13)5-2-6-14-11/h2,5-6,8-9H,3-4,7H2,1H3. The van der Waals surface area contributed by atoms with Crippen molar-refractivity contribution in [2.75, 3.05) is 11.4 Å². The number of pyridine rings is 1. The van der Waals surface area contributed by atoms with Crippen LogP contribution < -0.4 is 4.90 Å². The van der Waals surface area contributed by atoms with E-state index in [2.05, 4.69) is 4.98 Å². The van der Waals surface area contributed by atoms with Gasteiger partial charge in [0.25, 0.3) is 0 Å². The number of nitrogens with zero attached hydrogens (tertiary/aromatic N) is 2. The molecular formula is C11H14ClFN2. The van der Waals surface area contributed by atoms with Gasteiger partial charge in [-0.15, -0.1) is 11.6 Å². The molecule has 2 rings (SSSR count). The summed E-state index contributed by atoms with van der Waals surface area (Å²) in [5, 5.41) is 0.0835. The van der Waals surface area contributed by atoms with Gasteiger partial charge in [-0.05, 0) is 31.9 Å². The first-order valence-corrected chi connectivity index (χ1v) is 5.65. The maximum absolute atomic E-state index is 13.5. The number of hydrogen-bond acceptors (Lipinski definition) is 2. The molecule has 0 bridgehead atoms. The highest BCUT2D eigenvalue weighted by atomic mass is 35.5. The minimum atomic E-state index is -0.268. The van der Waals surface area contributed by atoms with Crippen LogP contribution in [0.2, 0.25) is 0 Å². The summed E-state index contributed by atoms with van der Waals surface area (Å²) >= 11 is 6.17. The molecule has 0 aliphatic carbocycles. The third kappa shape index (κ3) is 2.07. The highest BCUT2D eigenvalue weighted by Gasteiger charge is 2.28. The van der Waals surface area contributed by atoms with Crippen LogP contribution in [0.5, 0.6) is 0 Å². The molecule has 0 N–H and O–H groups in total. The topological polar surface area (TPSA) is 16.1 Å². The van der Waals surface area contributed by atoms with Gasteiger partial charge in [0.05, 0.1) is 5.38 Å². The molecule has 2 unspecified atom stereocenters. The van der Waals surface area contributed by atoms with Crippen LogP contribution >= 0.6 is 11.6 Å². The molecule has 0 aromatic carbocycles. The first-order chi connectivity index (χ1) is 7.20. The normalized spacial score (nSPS) is 26.7. The average Bonchev–Trinajstić information content (AvgIpc) is 2.23. The molecular weight excluding hydrogens is 215 g/mol. The molecule has 0 saturated carbocycles. The Kier molecular flexibility index (Phi) is 3.10. The zero-order valence-corrected chi connectivity index (χ0v) is 9.41. The zero-order valence-electron chi connectivity index (χ0n) is 8.66. The third-order valence-corrected chi connectivity index (χ3v) is 3.49. The Morgan fingerprint density at radius 1 is 1.60 bits per heavy atom. The summed E-state index contributed by atoms with van der Waals surface area (Å²) in [5.41, 5.74) is 0. The lowest BCUT2D eigenvalue weighted by Crippen LogP contribution is -2.45. The van der Waals surface area contributed by atoms with E-state index in [-0.39, 0.29) is 17.2 Å². The summed E-state index contributed by atoms with van der Waals surface area (Å²) in [4.78, 5) is 6.03. The highest BCUT2D eigenvalue weighted by molar-refractivity contribution is 6.21. The lowest BCUT2D eigenvalue weighted by Gasteiger charge is -2.37. The number of alkyl halides is 1. The molecule has 2 atom stereocenters. The van der Waals surface area contributed by atoms with Gasteiger partial charge in [0.15, 0.2) is 11.6 Å². The van der Waals surface area contributed by atoms with E-state index < -0.39 is 0 Å². The van der Waals surface area contributed by atoms with Crippen LogP contribution in [0.15, 0.2) is 18.3 Å². The predicted octanol–water partition coefficient (Wildman–Crippen LogP) is 2.82. The van der Waals surface area contributed by atoms with Crippen molar-refractivity contribution >= 4 is 17.4 Å². The van der Waals surface area contributed by atoms with E-state index in [0.717, 1.165) is 19.4 Å². The molecule has 1 aromatic rings. The molecule has 2 heterocycles. The molecule has 15 heavy (non-hydrogen) atoms. The van der Waals surface area contributed by atoms with E-state index in [4.69, 9.17) is 11.6 Å². The predicted molar refractivity (Wildman–Crippen MR) is 59.9 cm³/mol. The van der Waals surface area contributed by atoms with Crippen molar-refractivity contribution in [2.24, 2.45) is 0 Å². The Morgan fingerprint density at radius 3 is 3.13 bits per heavy atom. The monoisotopic (exact) mass is 228 g/mol. The Morgan fingerprint density at radius 2 is 2.40 bits per heavy atom. The van der Waals surface area contributed by atoms with Gasteiger partial charge in [0, 0.05) is 18.8 Å². The fraction of sp³-hybridized carbons (Fsp3) is 0.545. The van der Waals surface area contributed by atoms with Crippen molar-refractivity contribution in [3.05, 3.63) is 24.1 Å². The Bertz CT molecular complexity index is 345. The van der Waals surface area contributed by atoms with Gasteiger partial charge in [-0.3, -0.25) is 0 Å². The van der Waals surface area contributed by atoms with Gasteiger partial charge in [-0.2, -0.15) is 0 Å². The van der Waals surface area contributed by atoms with Gasteiger partial charge in [0.1, 0.15) is 0 Å². The van der Waals surface area contributed by atoms with Crippen LogP contribution in [-0.2, 0) is 0 Å². The van der Waals surface area contributed by atoms with Crippen molar-refractivity contribution < 1.29 is 4.39 Å². The third-order valence-electron chi connectivity index (χ3n) is 2.91. The van der Waals surface area contributed by atoms with Crippen LogP contribution in [0.3, 0.4) is 0 Å². The number of anilines is 1. The van der Waals surface area contributed by atoms with Crippen molar-refractivity contribution in [1.82, 2.24) is 4.98 Å². The summed E-state index contributed by atoms with van der Waals surface area (Å²) in [6.45, 7) is 2.85. The fourth-order valence-electron chi connectivity index (χ4n) is 1.98. The minimum Gasteiger partial charge on any atom is -0.350 e. The summed E-state index contributed by atoms with van der Waals surface area (Å²) in [5.74, 6) is 0.158. The Labute approximate surface area is 94.1 Å². The molecule has 0 radical (unpaired) electrons. The van der Waals surface area contributed by atoms with E-state index in [1.54, 1.807) is 12.3 Å². The van der Waals surface area contributed by atoms with Crippen LogP contribution in [0.25, 0.3) is 0 Å². The maximum Gasteiger partial charge on any atom is 0.165 e. The summed E-state index contributed by atoms with van der Waals surface area (Å²) in [6.07, 6.45) is 3.60. The van der Waals surface area contributed by atoms with E-state index in [1.807, 2.05) is 11.8 Å².